The number of hydrogen-bond acceptors (Lipinski definition) is 2. The molecule has 1 heterocycles. The number of carboxylic acid groups (broad SMARTS) is 1. The first kappa shape index (κ1) is 14.5. The zero-order valence-corrected chi connectivity index (χ0v) is 11.6. The Bertz CT molecular complexity index is 658. The van der Waals surface area contributed by atoms with Crippen molar-refractivity contribution in [1.82, 2.24) is 4.98 Å². The molecule has 0 spiro atoms. The van der Waals surface area contributed by atoms with Crippen molar-refractivity contribution in [2.24, 2.45) is 0 Å². The van der Waals surface area contributed by atoms with Gasteiger partial charge in [-0.3, -0.25) is 4.98 Å². The fourth-order valence-electron chi connectivity index (χ4n) is 1.97. The van der Waals surface area contributed by atoms with E-state index in [0.29, 0.717) is 23.4 Å². The topological polar surface area (TPSA) is 50.2 Å². The van der Waals surface area contributed by atoms with Crippen LogP contribution in [0.1, 0.15) is 29.4 Å². The van der Waals surface area contributed by atoms with Gasteiger partial charge >= 0.3 is 5.97 Å². The molecular formula is C15H13ClFNO2. The number of hydrogen-bond donors (Lipinski definition) is 1. The van der Waals surface area contributed by atoms with Crippen molar-refractivity contribution in [1.29, 1.82) is 0 Å². The normalized spacial score (nSPS) is 10.6. The van der Waals surface area contributed by atoms with Gasteiger partial charge in [0.25, 0.3) is 0 Å². The molecule has 0 unspecified atom stereocenters. The van der Waals surface area contributed by atoms with Crippen molar-refractivity contribution < 1.29 is 14.3 Å². The number of aromatic nitrogens is 1. The smallest absolute Gasteiger partial charge is 0.337 e. The van der Waals surface area contributed by atoms with Crippen LogP contribution in [0, 0.1) is 5.82 Å². The number of benzene rings is 1. The lowest BCUT2D eigenvalue weighted by Crippen LogP contribution is -2.05. The lowest BCUT2D eigenvalue weighted by Gasteiger charge is -2.09. The van der Waals surface area contributed by atoms with Crippen molar-refractivity contribution in [3.8, 4) is 11.3 Å². The summed E-state index contributed by atoms with van der Waals surface area (Å²) in [6.07, 6.45) is 1.35. The highest BCUT2D eigenvalue weighted by Gasteiger charge is 2.14. The Hall–Kier alpha value is -1.94. The minimum absolute atomic E-state index is 0.189. The Labute approximate surface area is 121 Å². The highest BCUT2D eigenvalue weighted by atomic mass is 35.5. The Morgan fingerprint density at radius 3 is 2.70 bits per heavy atom. The van der Waals surface area contributed by atoms with Gasteiger partial charge in [-0.25, -0.2) is 9.18 Å². The molecule has 5 heteroatoms. The van der Waals surface area contributed by atoms with Crippen LogP contribution in [0.15, 0.2) is 30.3 Å². The molecule has 2 aromatic rings. The summed E-state index contributed by atoms with van der Waals surface area (Å²) in [6.45, 7) is 1.95. The first-order valence-corrected chi connectivity index (χ1v) is 6.59. The zero-order chi connectivity index (χ0) is 14.7. The maximum atomic E-state index is 13.1. The van der Waals surface area contributed by atoms with Crippen molar-refractivity contribution in [3.63, 3.8) is 0 Å². The fourth-order valence-corrected chi connectivity index (χ4v) is 2.23. The van der Waals surface area contributed by atoms with E-state index in [0.717, 1.165) is 6.42 Å². The van der Waals surface area contributed by atoms with Gasteiger partial charge in [0, 0.05) is 5.56 Å². The van der Waals surface area contributed by atoms with Gasteiger partial charge in [0.2, 0.25) is 0 Å². The molecule has 20 heavy (non-hydrogen) atoms. The number of nitrogens with zero attached hydrogens (tertiary/aromatic N) is 1. The van der Waals surface area contributed by atoms with E-state index >= 15 is 0 Å². The number of halogens is 2. The van der Waals surface area contributed by atoms with Gasteiger partial charge in [0.1, 0.15) is 5.82 Å². The van der Waals surface area contributed by atoms with E-state index < -0.39 is 11.8 Å². The molecule has 3 nitrogen and oxygen atoms in total. The van der Waals surface area contributed by atoms with Gasteiger partial charge in [-0.2, -0.15) is 0 Å². The molecule has 0 aliphatic rings. The average Bonchev–Trinajstić information content (AvgIpc) is 2.38. The second-order valence-corrected chi connectivity index (χ2v) is 4.78. The Morgan fingerprint density at radius 2 is 2.10 bits per heavy atom. The van der Waals surface area contributed by atoms with Gasteiger partial charge in [0.05, 0.1) is 22.0 Å². The second-order valence-electron chi connectivity index (χ2n) is 4.37. The van der Waals surface area contributed by atoms with Crippen LogP contribution in [0.25, 0.3) is 11.3 Å². The van der Waals surface area contributed by atoms with Crippen molar-refractivity contribution in [3.05, 3.63) is 52.4 Å². The molecule has 0 aliphatic carbocycles. The molecule has 0 atom stereocenters. The number of rotatable bonds is 4. The maximum Gasteiger partial charge on any atom is 0.337 e. The fraction of sp³-hybridized carbons (Fsp3) is 0.200. The summed E-state index contributed by atoms with van der Waals surface area (Å²) < 4.78 is 13.1. The molecule has 0 fully saturated rings. The summed E-state index contributed by atoms with van der Waals surface area (Å²) >= 11 is 6.00. The van der Waals surface area contributed by atoms with Crippen LogP contribution in [0.3, 0.4) is 0 Å². The molecule has 0 radical (unpaired) electrons. The summed E-state index contributed by atoms with van der Waals surface area (Å²) in [7, 11) is 0. The van der Waals surface area contributed by atoms with E-state index in [4.69, 9.17) is 16.7 Å². The molecule has 2 rings (SSSR count). The van der Waals surface area contributed by atoms with E-state index in [9.17, 15) is 9.18 Å². The predicted octanol–water partition coefficient (Wildman–Crippen LogP) is 4.19. The quantitative estimate of drug-likeness (QED) is 0.919. The molecule has 1 aromatic carbocycles. The van der Waals surface area contributed by atoms with Crippen LogP contribution in [0.5, 0.6) is 0 Å². The molecule has 1 N–H and O–H groups in total. The molecule has 0 saturated carbocycles. The Kier molecular flexibility index (Phi) is 4.35. The van der Waals surface area contributed by atoms with E-state index in [2.05, 4.69) is 4.98 Å². The Balaban J connectivity index is 2.52. The summed E-state index contributed by atoms with van der Waals surface area (Å²) in [5.74, 6) is -1.42. The number of aryl methyl sites for hydroxylation is 1. The summed E-state index contributed by atoms with van der Waals surface area (Å²) in [5.41, 5.74) is 1.83. The SMILES string of the molecule is CCCc1nc(-c2ccc(F)cc2Cl)ccc1C(=O)O. The standard InChI is InChI=1S/C15H13ClFNO2/c1-2-3-13-11(15(19)20)6-7-14(18-13)10-5-4-9(17)8-12(10)16/h4-8H,2-3H2,1H3,(H,19,20). The lowest BCUT2D eigenvalue weighted by atomic mass is 10.1. The van der Waals surface area contributed by atoms with Gasteiger partial charge in [0.15, 0.2) is 0 Å². The molecule has 1 aromatic heterocycles. The van der Waals surface area contributed by atoms with Gasteiger partial charge in [-0.15, -0.1) is 0 Å². The molecule has 0 saturated heterocycles. The number of pyridine rings is 1. The van der Waals surface area contributed by atoms with Crippen LogP contribution < -0.4 is 0 Å². The second kappa shape index (κ2) is 6.01. The van der Waals surface area contributed by atoms with Crippen LogP contribution in [0.2, 0.25) is 5.02 Å². The van der Waals surface area contributed by atoms with Crippen LogP contribution >= 0.6 is 11.6 Å². The zero-order valence-electron chi connectivity index (χ0n) is 10.9. The third kappa shape index (κ3) is 2.96. The number of carboxylic acids is 1. The molecular weight excluding hydrogens is 281 g/mol. The minimum atomic E-state index is -1.00. The lowest BCUT2D eigenvalue weighted by molar-refractivity contribution is 0.0695. The first-order valence-electron chi connectivity index (χ1n) is 6.21. The average molecular weight is 294 g/mol. The molecule has 0 amide bonds. The molecule has 0 aliphatic heterocycles. The predicted molar refractivity (Wildman–Crippen MR) is 75.6 cm³/mol. The van der Waals surface area contributed by atoms with Crippen molar-refractivity contribution in [2.75, 3.05) is 0 Å². The number of aromatic carboxylic acids is 1. The van der Waals surface area contributed by atoms with Crippen LogP contribution in [-0.4, -0.2) is 16.1 Å². The highest BCUT2D eigenvalue weighted by molar-refractivity contribution is 6.33. The van der Waals surface area contributed by atoms with Gasteiger partial charge in [-0.1, -0.05) is 24.9 Å². The molecule has 104 valence electrons. The first-order chi connectivity index (χ1) is 9.52. The number of carbonyl (C=O) groups is 1. The third-order valence-corrected chi connectivity index (χ3v) is 3.21. The van der Waals surface area contributed by atoms with Crippen molar-refractivity contribution >= 4 is 17.6 Å². The molecule has 0 bridgehead atoms. The van der Waals surface area contributed by atoms with E-state index in [1.165, 1.54) is 24.3 Å². The summed E-state index contributed by atoms with van der Waals surface area (Å²) in [5, 5.41) is 9.38. The largest absolute Gasteiger partial charge is 0.478 e. The minimum Gasteiger partial charge on any atom is -0.478 e. The van der Waals surface area contributed by atoms with Crippen molar-refractivity contribution in [2.45, 2.75) is 19.8 Å². The van der Waals surface area contributed by atoms with Crippen LogP contribution in [0.4, 0.5) is 4.39 Å². The van der Waals surface area contributed by atoms with E-state index in [-0.39, 0.29) is 10.6 Å². The summed E-state index contributed by atoms with van der Waals surface area (Å²) in [6, 6.07) is 7.14. The highest BCUT2D eigenvalue weighted by Crippen LogP contribution is 2.28. The van der Waals surface area contributed by atoms with Gasteiger partial charge in [-0.05, 0) is 36.8 Å². The van der Waals surface area contributed by atoms with E-state index in [1.54, 1.807) is 6.07 Å². The van der Waals surface area contributed by atoms with Crippen LogP contribution in [-0.2, 0) is 6.42 Å². The van der Waals surface area contributed by atoms with Gasteiger partial charge < -0.3 is 5.11 Å². The maximum absolute atomic E-state index is 13.1. The third-order valence-electron chi connectivity index (χ3n) is 2.90. The summed E-state index contributed by atoms with van der Waals surface area (Å²) in [4.78, 5) is 15.5. The monoisotopic (exact) mass is 293 g/mol. The Morgan fingerprint density at radius 1 is 1.35 bits per heavy atom. The van der Waals surface area contributed by atoms with E-state index in [1.807, 2.05) is 6.92 Å².